The van der Waals surface area contributed by atoms with Crippen LogP contribution in [0, 0.1) is 0 Å². The third-order valence-corrected chi connectivity index (χ3v) is 3.32. The van der Waals surface area contributed by atoms with Crippen molar-refractivity contribution in [2.45, 2.75) is 11.0 Å². The van der Waals surface area contributed by atoms with E-state index in [2.05, 4.69) is 4.74 Å². The van der Waals surface area contributed by atoms with Crippen molar-refractivity contribution in [3.63, 3.8) is 0 Å². The van der Waals surface area contributed by atoms with Crippen molar-refractivity contribution in [1.82, 2.24) is 0 Å². The predicted molar refractivity (Wildman–Crippen MR) is 62.9 cm³/mol. The van der Waals surface area contributed by atoms with Crippen LogP contribution >= 0.6 is 10.7 Å². The number of aliphatic hydroxyl groups excluding tert-OH is 2. The highest BCUT2D eigenvalue weighted by molar-refractivity contribution is 8.13. The zero-order valence-electron chi connectivity index (χ0n) is 9.11. The zero-order valence-corrected chi connectivity index (χ0v) is 10.7. The molecule has 0 saturated heterocycles. The number of rotatable bonds is 5. The lowest BCUT2D eigenvalue weighted by Gasteiger charge is -2.08. The van der Waals surface area contributed by atoms with Crippen LogP contribution in [-0.2, 0) is 13.8 Å². The molecule has 0 saturated carbocycles. The molecule has 0 aliphatic rings. The molecule has 0 radical (unpaired) electrons. The predicted octanol–water partition coefficient (Wildman–Crippen LogP) is 0.124. The molecule has 18 heavy (non-hydrogen) atoms. The van der Waals surface area contributed by atoms with Crippen molar-refractivity contribution < 1.29 is 28.2 Å². The summed E-state index contributed by atoms with van der Waals surface area (Å²) in [6.07, 6.45) is -1.17. The van der Waals surface area contributed by atoms with Crippen LogP contribution in [-0.4, -0.2) is 43.9 Å². The van der Waals surface area contributed by atoms with E-state index in [0.29, 0.717) is 0 Å². The van der Waals surface area contributed by atoms with Crippen LogP contribution in [0.5, 0.6) is 0 Å². The Bertz CT molecular complexity index is 527. The molecule has 0 aliphatic heterocycles. The summed E-state index contributed by atoms with van der Waals surface area (Å²) in [5.41, 5.74) is -0.0122. The van der Waals surface area contributed by atoms with Gasteiger partial charge in [-0.3, -0.25) is 0 Å². The van der Waals surface area contributed by atoms with Gasteiger partial charge in [0.1, 0.15) is 12.7 Å². The van der Waals surface area contributed by atoms with Crippen LogP contribution in [0.15, 0.2) is 29.2 Å². The Morgan fingerprint density at radius 1 is 1.44 bits per heavy atom. The van der Waals surface area contributed by atoms with Gasteiger partial charge in [0, 0.05) is 10.7 Å². The number of hydrogen-bond acceptors (Lipinski definition) is 6. The first-order valence-electron chi connectivity index (χ1n) is 4.85. The second-order valence-electron chi connectivity index (χ2n) is 3.40. The van der Waals surface area contributed by atoms with Crippen molar-refractivity contribution in [3.8, 4) is 0 Å². The van der Waals surface area contributed by atoms with E-state index in [1.54, 1.807) is 0 Å². The maximum Gasteiger partial charge on any atom is 0.338 e. The van der Waals surface area contributed by atoms with E-state index in [0.717, 1.165) is 6.07 Å². The number of esters is 1. The molecule has 1 unspecified atom stereocenters. The van der Waals surface area contributed by atoms with Crippen LogP contribution in [0.3, 0.4) is 0 Å². The molecule has 8 heteroatoms. The van der Waals surface area contributed by atoms with E-state index in [1.807, 2.05) is 0 Å². The van der Waals surface area contributed by atoms with Crippen LogP contribution in [0.4, 0.5) is 0 Å². The first-order chi connectivity index (χ1) is 8.34. The number of ether oxygens (including phenoxy) is 1. The fourth-order valence-corrected chi connectivity index (χ4v) is 1.88. The highest BCUT2D eigenvalue weighted by Gasteiger charge is 2.15. The van der Waals surface area contributed by atoms with Gasteiger partial charge < -0.3 is 14.9 Å². The maximum absolute atomic E-state index is 11.5. The molecule has 0 spiro atoms. The van der Waals surface area contributed by atoms with Gasteiger partial charge in [-0.25, -0.2) is 13.2 Å². The average molecular weight is 295 g/mol. The summed E-state index contributed by atoms with van der Waals surface area (Å²) in [6.45, 7) is -0.920. The van der Waals surface area contributed by atoms with Crippen LogP contribution in [0.1, 0.15) is 10.4 Å². The van der Waals surface area contributed by atoms with E-state index in [4.69, 9.17) is 20.9 Å². The van der Waals surface area contributed by atoms with E-state index in [1.165, 1.54) is 18.2 Å². The van der Waals surface area contributed by atoms with Gasteiger partial charge in [0.15, 0.2) is 0 Å². The quantitative estimate of drug-likeness (QED) is 0.591. The van der Waals surface area contributed by atoms with Gasteiger partial charge in [0.2, 0.25) is 0 Å². The summed E-state index contributed by atoms with van der Waals surface area (Å²) in [7, 11) is 1.21. The molecule has 0 amide bonds. The molecular formula is C10H11ClO6S. The fourth-order valence-electron chi connectivity index (χ4n) is 1.08. The van der Waals surface area contributed by atoms with Crippen molar-refractivity contribution in [2.24, 2.45) is 0 Å². The van der Waals surface area contributed by atoms with Crippen molar-refractivity contribution in [3.05, 3.63) is 29.8 Å². The Labute approximate surface area is 108 Å². The molecule has 1 aromatic rings. The van der Waals surface area contributed by atoms with Crippen LogP contribution < -0.4 is 0 Å². The van der Waals surface area contributed by atoms with E-state index >= 15 is 0 Å². The highest BCUT2D eigenvalue weighted by Crippen LogP contribution is 2.16. The lowest BCUT2D eigenvalue weighted by Crippen LogP contribution is -2.22. The van der Waals surface area contributed by atoms with Gasteiger partial charge in [0.05, 0.1) is 17.1 Å². The number of aliphatic hydroxyl groups is 2. The Balaban J connectivity index is 2.81. The Hall–Kier alpha value is -1.15. The van der Waals surface area contributed by atoms with Gasteiger partial charge in [-0.05, 0) is 18.2 Å². The average Bonchev–Trinajstić information content (AvgIpc) is 2.34. The van der Waals surface area contributed by atoms with E-state index in [-0.39, 0.29) is 17.1 Å². The van der Waals surface area contributed by atoms with Crippen molar-refractivity contribution in [2.75, 3.05) is 13.2 Å². The van der Waals surface area contributed by atoms with Gasteiger partial charge in [-0.1, -0.05) is 6.07 Å². The number of carbonyl (C=O) groups is 1. The minimum atomic E-state index is -3.92. The fraction of sp³-hybridized carbons (Fsp3) is 0.300. The van der Waals surface area contributed by atoms with Crippen molar-refractivity contribution in [1.29, 1.82) is 0 Å². The summed E-state index contributed by atoms with van der Waals surface area (Å²) in [6, 6.07) is 4.99. The van der Waals surface area contributed by atoms with E-state index in [9.17, 15) is 13.2 Å². The molecule has 0 aliphatic carbocycles. The number of benzene rings is 1. The van der Waals surface area contributed by atoms with Crippen LogP contribution in [0.2, 0.25) is 0 Å². The molecule has 0 bridgehead atoms. The Morgan fingerprint density at radius 2 is 2.11 bits per heavy atom. The number of carbonyl (C=O) groups excluding carboxylic acids is 1. The minimum absolute atomic E-state index is 0.0122. The van der Waals surface area contributed by atoms with Gasteiger partial charge in [-0.15, -0.1) is 0 Å². The minimum Gasteiger partial charge on any atom is -0.459 e. The van der Waals surface area contributed by atoms with Gasteiger partial charge in [-0.2, -0.15) is 0 Å². The summed E-state index contributed by atoms with van der Waals surface area (Å²) in [4.78, 5) is 11.3. The summed E-state index contributed by atoms with van der Waals surface area (Å²) >= 11 is 0. The lowest BCUT2D eigenvalue weighted by atomic mass is 10.2. The maximum atomic E-state index is 11.5. The second kappa shape index (κ2) is 6.14. The second-order valence-corrected chi connectivity index (χ2v) is 5.97. The molecule has 0 aromatic heterocycles. The normalized spacial score (nSPS) is 13.1. The topological polar surface area (TPSA) is 101 Å². The molecule has 0 fully saturated rings. The monoisotopic (exact) mass is 294 g/mol. The lowest BCUT2D eigenvalue weighted by molar-refractivity contribution is 0.00931. The van der Waals surface area contributed by atoms with E-state index < -0.39 is 27.7 Å². The molecule has 0 heterocycles. The standard InChI is InChI=1S/C10H11ClO6S/c11-18(15,16)9-3-1-2-7(4-9)10(14)17-6-8(13)5-12/h1-4,8,12-13H,5-6H2. The molecule has 1 atom stereocenters. The third kappa shape index (κ3) is 4.26. The Morgan fingerprint density at radius 3 is 2.67 bits per heavy atom. The molecular weight excluding hydrogens is 284 g/mol. The molecule has 1 rings (SSSR count). The van der Waals surface area contributed by atoms with Crippen molar-refractivity contribution >= 4 is 25.7 Å². The molecule has 2 N–H and O–H groups in total. The highest BCUT2D eigenvalue weighted by atomic mass is 35.7. The molecule has 100 valence electrons. The smallest absolute Gasteiger partial charge is 0.338 e. The largest absolute Gasteiger partial charge is 0.459 e. The zero-order chi connectivity index (χ0) is 13.8. The summed E-state index contributed by atoms with van der Waals surface area (Å²) in [5, 5.41) is 17.5. The summed E-state index contributed by atoms with van der Waals surface area (Å²) in [5.74, 6) is -0.815. The number of hydrogen-bond donors (Lipinski definition) is 2. The third-order valence-electron chi connectivity index (χ3n) is 1.97. The van der Waals surface area contributed by atoms with Gasteiger partial charge >= 0.3 is 5.97 Å². The molecule has 1 aromatic carbocycles. The first kappa shape index (κ1) is 14.9. The molecule has 6 nitrogen and oxygen atoms in total. The Kier molecular flexibility index (Phi) is 5.09. The van der Waals surface area contributed by atoms with Gasteiger partial charge in [0.25, 0.3) is 9.05 Å². The summed E-state index contributed by atoms with van der Waals surface area (Å²) < 4.78 is 26.8. The SMILES string of the molecule is O=C(OCC(O)CO)c1cccc(S(=O)(=O)Cl)c1. The number of halogens is 1. The van der Waals surface area contributed by atoms with Crippen LogP contribution in [0.25, 0.3) is 0 Å². The first-order valence-corrected chi connectivity index (χ1v) is 7.16.